The van der Waals surface area contributed by atoms with Crippen molar-refractivity contribution in [3.05, 3.63) is 78.9 Å². The molecule has 2 aromatic heterocycles. The fourth-order valence-corrected chi connectivity index (χ4v) is 4.90. The van der Waals surface area contributed by atoms with Crippen LogP contribution in [-0.2, 0) is 27.2 Å². The fourth-order valence-electron chi connectivity index (χ4n) is 4.90. The summed E-state index contributed by atoms with van der Waals surface area (Å²) in [6.45, 7) is 6.18. The minimum absolute atomic E-state index is 0.851. The van der Waals surface area contributed by atoms with Crippen LogP contribution < -0.4 is 14.0 Å². The van der Waals surface area contributed by atoms with Crippen LogP contribution in [0.5, 0.6) is 0 Å². The quantitative estimate of drug-likeness (QED) is 0.124. The second-order valence-electron chi connectivity index (χ2n) is 10.3. The average Bonchev–Trinajstić information content (AvgIpc) is 3.69. The van der Waals surface area contributed by atoms with Gasteiger partial charge in [-0.2, -0.15) is 0 Å². The van der Waals surface area contributed by atoms with Gasteiger partial charge in [0.05, 0.1) is 52.0 Å². The molecule has 1 aliphatic rings. The summed E-state index contributed by atoms with van der Waals surface area (Å²) in [5, 5.41) is 18.0. The van der Waals surface area contributed by atoms with Gasteiger partial charge < -0.3 is 4.90 Å². The van der Waals surface area contributed by atoms with Gasteiger partial charge in [-0.05, 0) is 75.4 Å². The van der Waals surface area contributed by atoms with E-state index in [-0.39, 0.29) is 0 Å². The van der Waals surface area contributed by atoms with Crippen molar-refractivity contribution in [2.24, 2.45) is 34.6 Å². The monoisotopic (exact) mass is 525 g/mol. The number of aromatic nitrogens is 4. The number of hydrogen-bond donors (Lipinski definition) is 0. The number of unbranched alkanes of at least 4 members (excludes halogenated alkanes) is 2. The summed E-state index contributed by atoms with van der Waals surface area (Å²) in [4.78, 5) is 2.43. The Balaban J connectivity index is 1.12. The molecule has 4 aromatic rings. The van der Waals surface area contributed by atoms with Crippen LogP contribution in [0.2, 0.25) is 0 Å². The third-order valence-electron chi connectivity index (χ3n) is 7.25. The van der Waals surface area contributed by atoms with Gasteiger partial charge in [0.1, 0.15) is 11.4 Å². The van der Waals surface area contributed by atoms with E-state index in [1.807, 2.05) is 47.8 Å². The first-order valence-electron chi connectivity index (χ1n) is 13.9. The molecule has 0 bridgehead atoms. The zero-order chi connectivity index (χ0) is 27.0. The van der Waals surface area contributed by atoms with Gasteiger partial charge >= 0.3 is 11.9 Å². The molecule has 3 heterocycles. The van der Waals surface area contributed by atoms with Gasteiger partial charge in [0.25, 0.3) is 0 Å². The second kappa shape index (κ2) is 12.6. The Hall–Kier alpha value is -4.14. The summed E-state index contributed by atoms with van der Waals surface area (Å²) in [7, 11) is 4.02. The zero-order valence-electron chi connectivity index (χ0n) is 23.3. The highest BCUT2D eigenvalue weighted by Crippen LogP contribution is 2.24. The first-order chi connectivity index (χ1) is 19.1. The minimum Gasteiger partial charge on any atom is -0.372 e. The number of nitrogens with zero attached hydrogens (tertiary/aromatic N) is 9. The lowest BCUT2D eigenvalue weighted by molar-refractivity contribution is -0.657. The van der Waals surface area contributed by atoms with Crippen LogP contribution in [0.3, 0.4) is 0 Å². The number of rotatable bonds is 11. The summed E-state index contributed by atoms with van der Waals surface area (Å²) in [6, 6.07) is 16.5. The summed E-state index contributed by atoms with van der Waals surface area (Å²) in [6.07, 6.45) is 14.0. The van der Waals surface area contributed by atoms with E-state index in [9.17, 15) is 0 Å². The van der Waals surface area contributed by atoms with Gasteiger partial charge in [-0.3, -0.25) is 0 Å². The van der Waals surface area contributed by atoms with Gasteiger partial charge in [0.15, 0.2) is 0 Å². The number of benzene rings is 2. The fraction of sp³-hybridized carbons (Fsp3) is 0.400. The highest BCUT2D eigenvalue weighted by atomic mass is 15.3. The smallest absolute Gasteiger partial charge is 0.372 e. The van der Waals surface area contributed by atoms with E-state index < -0.39 is 0 Å². The molecule has 0 spiro atoms. The molecule has 0 saturated carbocycles. The van der Waals surface area contributed by atoms with Gasteiger partial charge in [-0.15, -0.1) is 0 Å². The van der Waals surface area contributed by atoms with E-state index in [4.69, 9.17) is 0 Å². The maximum Gasteiger partial charge on any atom is 0.421 e. The van der Waals surface area contributed by atoms with Crippen molar-refractivity contribution in [3.8, 4) is 0 Å². The van der Waals surface area contributed by atoms with Crippen LogP contribution in [0.1, 0.15) is 37.7 Å². The van der Waals surface area contributed by atoms with Crippen molar-refractivity contribution in [2.75, 3.05) is 18.0 Å². The molecule has 0 unspecified atom stereocenters. The summed E-state index contributed by atoms with van der Waals surface area (Å²) in [5.74, 6) is 1.71. The van der Waals surface area contributed by atoms with Crippen LogP contribution in [0, 0.1) is 6.92 Å². The molecule has 202 valence electrons. The lowest BCUT2D eigenvalue weighted by Crippen LogP contribution is -2.25. The molecular formula is C30H39N9+2. The topological polar surface area (TPSA) is 70.3 Å². The van der Waals surface area contributed by atoms with Crippen molar-refractivity contribution >= 4 is 29.0 Å². The Labute approximate surface area is 230 Å². The van der Waals surface area contributed by atoms with E-state index in [1.165, 1.54) is 24.1 Å². The highest BCUT2D eigenvalue weighted by molar-refractivity contribution is 5.53. The van der Waals surface area contributed by atoms with E-state index in [2.05, 4.69) is 90.2 Å². The minimum atomic E-state index is 0.851. The predicted molar refractivity (Wildman–Crippen MR) is 152 cm³/mol. The molecule has 2 aromatic carbocycles. The van der Waals surface area contributed by atoms with Crippen LogP contribution in [0.4, 0.5) is 29.0 Å². The number of hydrogen-bond acceptors (Lipinski definition) is 5. The Morgan fingerprint density at radius 2 is 1.13 bits per heavy atom. The highest BCUT2D eigenvalue weighted by Gasteiger charge is 2.16. The number of imidazole rings is 2. The van der Waals surface area contributed by atoms with Gasteiger partial charge in [0, 0.05) is 29.0 Å². The molecule has 9 heteroatoms. The van der Waals surface area contributed by atoms with Crippen LogP contribution in [0.25, 0.3) is 0 Å². The van der Waals surface area contributed by atoms with Crippen molar-refractivity contribution < 1.29 is 9.13 Å². The third-order valence-corrected chi connectivity index (χ3v) is 7.25. The van der Waals surface area contributed by atoms with E-state index in [0.717, 1.165) is 68.7 Å². The molecule has 39 heavy (non-hydrogen) atoms. The second-order valence-corrected chi connectivity index (χ2v) is 10.3. The molecule has 0 N–H and O–H groups in total. The normalized spacial score (nSPS) is 13.9. The molecule has 1 aliphatic heterocycles. The molecule has 0 radical (unpaired) electrons. The van der Waals surface area contributed by atoms with Crippen molar-refractivity contribution in [3.63, 3.8) is 0 Å². The van der Waals surface area contributed by atoms with Gasteiger partial charge in [0.2, 0.25) is 0 Å². The van der Waals surface area contributed by atoms with Crippen molar-refractivity contribution in [1.29, 1.82) is 0 Å². The molecule has 9 nitrogen and oxygen atoms in total. The Bertz CT molecular complexity index is 1410. The van der Waals surface area contributed by atoms with Crippen LogP contribution in [-0.4, -0.2) is 22.2 Å². The third kappa shape index (κ3) is 6.85. The SMILES string of the molecule is Cc1ccc(N=Nc2n(CCCCCn3cc[n+](C)c3N=Nc3ccc(N4CCCC4)cc3)cc[n+]2C)cc1. The number of aryl methyl sites for hydroxylation is 5. The van der Waals surface area contributed by atoms with Crippen LogP contribution in [0.15, 0.2) is 93.8 Å². The largest absolute Gasteiger partial charge is 0.421 e. The molecular weight excluding hydrogens is 486 g/mol. The average molecular weight is 526 g/mol. The summed E-state index contributed by atoms with van der Waals surface area (Å²) in [5.41, 5.74) is 4.23. The Morgan fingerprint density at radius 3 is 1.64 bits per heavy atom. The molecule has 1 fully saturated rings. The van der Waals surface area contributed by atoms with Crippen molar-refractivity contribution in [2.45, 2.75) is 52.1 Å². The van der Waals surface area contributed by atoms with E-state index in [0.29, 0.717) is 0 Å². The van der Waals surface area contributed by atoms with Crippen LogP contribution >= 0.6 is 0 Å². The molecule has 1 saturated heterocycles. The molecule has 5 rings (SSSR count). The maximum absolute atomic E-state index is 4.58. The zero-order valence-corrected chi connectivity index (χ0v) is 23.3. The maximum atomic E-state index is 4.58. The standard InChI is InChI=1S/C30H39N9/c1-25-9-11-26(12-10-25)31-33-29-35(2)21-23-38(29)19-5-4-6-20-39-24-22-36(3)30(39)34-32-27-13-15-28(16-14-27)37-17-7-8-18-37/h9-16,21-24H,4-8,17-20H2,1-3H3/q+2. The summed E-state index contributed by atoms with van der Waals surface area (Å²) >= 11 is 0. The predicted octanol–water partition coefficient (Wildman–Crippen LogP) is 6.55. The number of anilines is 1. The summed E-state index contributed by atoms with van der Waals surface area (Å²) < 4.78 is 8.38. The lowest BCUT2D eigenvalue weighted by Gasteiger charge is -2.16. The molecule has 0 amide bonds. The van der Waals surface area contributed by atoms with Gasteiger partial charge in [-0.1, -0.05) is 27.9 Å². The first-order valence-corrected chi connectivity index (χ1v) is 13.9. The Kier molecular flexibility index (Phi) is 8.55. The van der Waals surface area contributed by atoms with Gasteiger partial charge in [-0.25, -0.2) is 18.3 Å². The molecule has 0 atom stereocenters. The van der Waals surface area contributed by atoms with Crippen molar-refractivity contribution in [1.82, 2.24) is 9.13 Å². The van der Waals surface area contributed by atoms with E-state index >= 15 is 0 Å². The number of azo groups is 2. The Morgan fingerprint density at radius 1 is 0.641 bits per heavy atom. The lowest BCUT2D eigenvalue weighted by atomic mass is 10.2. The first kappa shape index (κ1) is 26.5. The van der Waals surface area contributed by atoms with E-state index in [1.54, 1.807) is 0 Å². The molecule has 0 aliphatic carbocycles.